The second-order valence-electron chi connectivity index (χ2n) is 7.45. The molecule has 2 aromatic rings. The van der Waals surface area contributed by atoms with Gasteiger partial charge in [-0.15, -0.1) is 12.4 Å². The van der Waals surface area contributed by atoms with Gasteiger partial charge in [-0.1, -0.05) is 30.3 Å². The van der Waals surface area contributed by atoms with Crippen LogP contribution in [0.2, 0.25) is 0 Å². The lowest BCUT2D eigenvalue weighted by Crippen LogP contribution is -2.63. The van der Waals surface area contributed by atoms with Crippen LogP contribution in [0.5, 0.6) is 5.75 Å². The molecule has 0 aromatic heterocycles. The third-order valence-corrected chi connectivity index (χ3v) is 7.56. The Morgan fingerprint density at radius 1 is 1.13 bits per heavy atom. The summed E-state index contributed by atoms with van der Waals surface area (Å²) in [5.41, 5.74) is 1.06. The number of carbonyl (C=O) groups is 1. The van der Waals surface area contributed by atoms with Crippen LogP contribution in [0, 0.1) is 0 Å². The molecular formula is C21H28ClN3O5S. The molecule has 2 N–H and O–H groups in total. The molecule has 8 nitrogen and oxygen atoms in total. The number of nitrogens with zero attached hydrogens (tertiary/aromatic N) is 2. The van der Waals surface area contributed by atoms with Gasteiger partial charge in [0.05, 0.1) is 12.0 Å². The van der Waals surface area contributed by atoms with Crippen LogP contribution in [0.1, 0.15) is 18.4 Å². The van der Waals surface area contributed by atoms with E-state index < -0.39 is 21.5 Å². The first kappa shape index (κ1) is 25.1. The van der Waals surface area contributed by atoms with Crippen LogP contribution in [-0.2, 0) is 21.4 Å². The Kier molecular flexibility index (Phi) is 8.44. The van der Waals surface area contributed by atoms with Gasteiger partial charge in [0.25, 0.3) is 5.91 Å². The summed E-state index contributed by atoms with van der Waals surface area (Å²) in [7, 11) is -0.646. The number of hydrogen-bond donors (Lipinski definition) is 2. The van der Waals surface area contributed by atoms with Crippen LogP contribution in [0.25, 0.3) is 0 Å². The van der Waals surface area contributed by atoms with Crippen LogP contribution in [-0.4, -0.2) is 61.5 Å². The maximum absolute atomic E-state index is 13.8. The predicted molar refractivity (Wildman–Crippen MR) is 119 cm³/mol. The predicted octanol–water partition coefficient (Wildman–Crippen LogP) is 2.28. The number of methoxy groups -OCH3 is 1. The highest BCUT2D eigenvalue weighted by Crippen LogP contribution is 2.36. The summed E-state index contributed by atoms with van der Waals surface area (Å²) < 4.78 is 33.9. The molecule has 0 unspecified atom stereocenters. The first-order chi connectivity index (χ1) is 14.3. The zero-order valence-corrected chi connectivity index (χ0v) is 19.2. The number of rotatable bonds is 7. The SMILES string of the molecule is COc1ccc(S(=O)(=O)N(Cc2ccccc2)C2(C(=O)NO)CCN(C)CC2)cc1.Cl. The highest BCUT2D eigenvalue weighted by atomic mass is 35.5. The van der Waals surface area contributed by atoms with Crippen LogP contribution >= 0.6 is 12.4 Å². The Bertz CT molecular complexity index is 962. The van der Waals surface area contributed by atoms with Crippen molar-refractivity contribution in [2.45, 2.75) is 29.8 Å². The number of amides is 1. The first-order valence-electron chi connectivity index (χ1n) is 9.67. The molecule has 1 aliphatic heterocycles. The number of halogens is 1. The molecule has 1 heterocycles. The maximum Gasteiger partial charge on any atom is 0.265 e. The molecule has 31 heavy (non-hydrogen) atoms. The van der Waals surface area contributed by atoms with Crippen LogP contribution in [0.3, 0.4) is 0 Å². The van der Waals surface area contributed by atoms with Gasteiger partial charge in [0, 0.05) is 19.6 Å². The normalized spacial score (nSPS) is 16.4. The molecule has 3 rings (SSSR count). The van der Waals surface area contributed by atoms with Gasteiger partial charge in [-0.25, -0.2) is 13.9 Å². The number of sulfonamides is 1. The van der Waals surface area contributed by atoms with Gasteiger partial charge in [0.2, 0.25) is 10.0 Å². The van der Waals surface area contributed by atoms with Gasteiger partial charge in [0.15, 0.2) is 0 Å². The molecule has 2 aromatic carbocycles. The Hall–Kier alpha value is -2.17. The van der Waals surface area contributed by atoms with Crippen molar-refractivity contribution in [3.8, 4) is 5.75 Å². The fraction of sp³-hybridized carbons (Fsp3) is 0.381. The van der Waals surface area contributed by atoms with Crippen molar-refractivity contribution in [2.24, 2.45) is 0 Å². The van der Waals surface area contributed by atoms with Gasteiger partial charge in [-0.05, 0) is 49.7 Å². The van der Waals surface area contributed by atoms with Crippen molar-refractivity contribution >= 4 is 28.3 Å². The minimum absolute atomic E-state index is 0. The molecule has 0 bridgehead atoms. The van der Waals surface area contributed by atoms with E-state index >= 15 is 0 Å². The molecule has 0 radical (unpaired) electrons. The van der Waals surface area contributed by atoms with E-state index in [9.17, 15) is 18.4 Å². The monoisotopic (exact) mass is 469 g/mol. The minimum atomic E-state index is -4.07. The van der Waals surface area contributed by atoms with Crippen molar-refractivity contribution < 1.29 is 23.2 Å². The fourth-order valence-corrected chi connectivity index (χ4v) is 5.55. The zero-order chi connectivity index (χ0) is 21.8. The molecule has 170 valence electrons. The smallest absolute Gasteiger partial charge is 0.265 e. The number of ether oxygens (including phenoxy) is 1. The van der Waals surface area contributed by atoms with Crippen molar-refractivity contribution in [3.63, 3.8) is 0 Å². The Morgan fingerprint density at radius 2 is 1.71 bits per heavy atom. The van der Waals surface area contributed by atoms with E-state index in [2.05, 4.69) is 0 Å². The van der Waals surface area contributed by atoms with Crippen LogP contribution < -0.4 is 10.2 Å². The van der Waals surface area contributed by atoms with E-state index in [4.69, 9.17) is 4.74 Å². The van der Waals surface area contributed by atoms with Crippen LogP contribution in [0.15, 0.2) is 59.5 Å². The molecular weight excluding hydrogens is 442 g/mol. The van der Waals surface area contributed by atoms with E-state index in [0.717, 1.165) is 5.56 Å². The Balaban J connectivity index is 0.00000341. The lowest BCUT2D eigenvalue weighted by Gasteiger charge is -2.45. The number of likely N-dealkylation sites (tertiary alicyclic amines) is 1. The number of hydroxylamine groups is 1. The average Bonchev–Trinajstić information content (AvgIpc) is 2.78. The molecule has 0 saturated carbocycles. The minimum Gasteiger partial charge on any atom is -0.497 e. The highest BCUT2D eigenvalue weighted by molar-refractivity contribution is 7.89. The van der Waals surface area contributed by atoms with Crippen molar-refractivity contribution in [1.82, 2.24) is 14.7 Å². The van der Waals surface area contributed by atoms with Gasteiger partial charge >= 0.3 is 0 Å². The summed E-state index contributed by atoms with van der Waals surface area (Å²) in [6.07, 6.45) is 0.524. The summed E-state index contributed by atoms with van der Waals surface area (Å²) in [6.45, 7) is 1.06. The molecule has 1 amide bonds. The van der Waals surface area contributed by atoms with Crippen LogP contribution in [0.4, 0.5) is 0 Å². The fourth-order valence-electron chi connectivity index (χ4n) is 3.77. The summed E-state index contributed by atoms with van der Waals surface area (Å²) in [4.78, 5) is 15.0. The van der Waals surface area contributed by atoms with E-state index in [1.807, 2.05) is 42.3 Å². The summed E-state index contributed by atoms with van der Waals surface area (Å²) >= 11 is 0. The molecule has 0 aliphatic carbocycles. The van der Waals surface area contributed by atoms with E-state index in [1.165, 1.54) is 23.5 Å². The summed E-state index contributed by atoms with van der Waals surface area (Å²) in [6, 6.07) is 15.2. The molecule has 10 heteroatoms. The van der Waals surface area contributed by atoms with Crippen molar-refractivity contribution in [1.29, 1.82) is 0 Å². The lowest BCUT2D eigenvalue weighted by atomic mass is 9.86. The number of hydrogen-bond acceptors (Lipinski definition) is 6. The third-order valence-electron chi connectivity index (χ3n) is 5.63. The second kappa shape index (κ2) is 10.4. The van der Waals surface area contributed by atoms with Gasteiger partial charge in [0.1, 0.15) is 11.3 Å². The summed E-state index contributed by atoms with van der Waals surface area (Å²) in [5, 5.41) is 9.49. The number of carbonyl (C=O) groups excluding carboxylic acids is 1. The second-order valence-corrected chi connectivity index (χ2v) is 9.31. The Morgan fingerprint density at radius 3 is 2.23 bits per heavy atom. The van der Waals surface area contributed by atoms with Crippen molar-refractivity contribution in [2.75, 3.05) is 27.2 Å². The van der Waals surface area contributed by atoms with E-state index in [-0.39, 0.29) is 36.7 Å². The summed E-state index contributed by atoms with van der Waals surface area (Å²) in [5.74, 6) is -0.186. The standard InChI is InChI=1S/C21H27N3O5S.ClH/c1-23-14-12-21(13-15-23,20(25)22-26)24(16-17-6-4-3-5-7-17)30(27,28)19-10-8-18(29-2)9-11-19;/h3-11,26H,12-16H2,1-2H3,(H,22,25);1H. The first-order valence-corrected chi connectivity index (χ1v) is 11.1. The topological polar surface area (TPSA) is 99.2 Å². The Labute approximate surface area is 189 Å². The molecule has 0 spiro atoms. The zero-order valence-electron chi connectivity index (χ0n) is 17.5. The largest absolute Gasteiger partial charge is 0.497 e. The van der Waals surface area contributed by atoms with Gasteiger partial charge < -0.3 is 9.64 Å². The maximum atomic E-state index is 13.8. The van der Waals surface area contributed by atoms with E-state index in [0.29, 0.717) is 18.8 Å². The van der Waals surface area contributed by atoms with Crippen molar-refractivity contribution in [3.05, 3.63) is 60.2 Å². The quantitative estimate of drug-likeness (QED) is 0.476. The van der Waals surface area contributed by atoms with Gasteiger partial charge in [-0.3, -0.25) is 10.0 Å². The lowest BCUT2D eigenvalue weighted by molar-refractivity contribution is -0.142. The molecule has 0 atom stereocenters. The third kappa shape index (κ3) is 5.19. The number of nitrogens with one attached hydrogen (secondary N) is 1. The van der Waals surface area contributed by atoms with Gasteiger partial charge in [-0.2, -0.15) is 4.31 Å². The molecule has 1 aliphatic rings. The number of piperidine rings is 1. The molecule has 1 fully saturated rings. The van der Waals surface area contributed by atoms with E-state index in [1.54, 1.807) is 17.6 Å². The average molecular weight is 470 g/mol. The highest BCUT2D eigenvalue weighted by Gasteiger charge is 2.51. The molecule has 1 saturated heterocycles. The number of benzene rings is 2.